The summed E-state index contributed by atoms with van der Waals surface area (Å²) in [6, 6.07) is 18.2. The highest BCUT2D eigenvalue weighted by atomic mass is 16.2. The van der Waals surface area contributed by atoms with Gasteiger partial charge in [-0.1, -0.05) is 49.4 Å². The van der Waals surface area contributed by atoms with Crippen LogP contribution in [0.1, 0.15) is 30.9 Å². The zero-order valence-electron chi connectivity index (χ0n) is 15.0. The number of aryl methyl sites for hydroxylation is 1. The lowest BCUT2D eigenvalue weighted by Gasteiger charge is -2.23. The predicted molar refractivity (Wildman–Crippen MR) is 103 cm³/mol. The number of likely N-dealkylation sites (tertiary alicyclic amines) is 1. The van der Waals surface area contributed by atoms with E-state index >= 15 is 0 Å². The van der Waals surface area contributed by atoms with Gasteiger partial charge in [0, 0.05) is 30.7 Å². The molecule has 0 aliphatic carbocycles. The van der Waals surface area contributed by atoms with Crippen molar-refractivity contribution in [3.8, 4) is 0 Å². The van der Waals surface area contributed by atoms with E-state index in [9.17, 15) is 4.79 Å². The Morgan fingerprint density at radius 1 is 1.16 bits per heavy atom. The van der Waals surface area contributed by atoms with Gasteiger partial charge in [-0.3, -0.25) is 9.69 Å². The molecule has 1 heterocycles. The lowest BCUT2D eigenvalue weighted by Crippen LogP contribution is -2.41. The summed E-state index contributed by atoms with van der Waals surface area (Å²) in [6.45, 7) is 5.63. The third kappa shape index (κ3) is 4.09. The van der Waals surface area contributed by atoms with E-state index in [1.54, 1.807) is 0 Å². The number of benzene rings is 2. The maximum Gasteiger partial charge on any atom is 0.241 e. The van der Waals surface area contributed by atoms with Crippen molar-refractivity contribution in [1.29, 1.82) is 0 Å². The van der Waals surface area contributed by atoms with Crippen molar-refractivity contribution in [1.82, 2.24) is 4.90 Å². The summed E-state index contributed by atoms with van der Waals surface area (Å²) >= 11 is 0. The van der Waals surface area contributed by atoms with Gasteiger partial charge in [-0.15, -0.1) is 0 Å². The molecule has 1 fully saturated rings. The molecule has 1 amide bonds. The summed E-state index contributed by atoms with van der Waals surface area (Å²) in [5.74, 6) is 0.297. The molecule has 25 heavy (non-hydrogen) atoms. The predicted octanol–water partition coefficient (Wildman–Crippen LogP) is 3.00. The second-order valence-corrected chi connectivity index (χ2v) is 6.85. The second-order valence-electron chi connectivity index (χ2n) is 6.85. The van der Waals surface area contributed by atoms with Gasteiger partial charge in [0.1, 0.15) is 0 Å². The normalized spacial score (nSPS) is 21.9. The van der Waals surface area contributed by atoms with Crippen LogP contribution in [0.2, 0.25) is 0 Å². The highest BCUT2D eigenvalue weighted by Crippen LogP contribution is 2.27. The molecule has 2 aromatic rings. The zero-order valence-corrected chi connectivity index (χ0v) is 15.0. The van der Waals surface area contributed by atoms with E-state index in [0.717, 1.165) is 25.2 Å². The summed E-state index contributed by atoms with van der Waals surface area (Å²) < 4.78 is 0. The minimum absolute atomic E-state index is 0.0187. The van der Waals surface area contributed by atoms with Crippen LogP contribution in [0.15, 0.2) is 54.6 Å². The molecule has 1 saturated heterocycles. The standard InChI is InChI=1S/C21H27N3O/c1-3-16-9-11-18(12-10-16)23-21(25)15(2)24-13-19(20(22)14-24)17-7-5-4-6-8-17/h4-12,15,19-20H,3,13-14,22H2,1-2H3,(H,23,25)/t15?,19-,20+/m0/s1. The number of hydrogen-bond donors (Lipinski definition) is 2. The topological polar surface area (TPSA) is 58.4 Å². The fraction of sp³-hybridized carbons (Fsp3) is 0.381. The number of carbonyl (C=O) groups excluding carboxylic acids is 1. The van der Waals surface area contributed by atoms with Crippen LogP contribution in [0, 0.1) is 0 Å². The number of amides is 1. The molecule has 0 aromatic heterocycles. The van der Waals surface area contributed by atoms with Gasteiger partial charge in [-0.25, -0.2) is 0 Å². The molecule has 2 aromatic carbocycles. The van der Waals surface area contributed by atoms with Crippen molar-refractivity contribution in [2.24, 2.45) is 5.73 Å². The fourth-order valence-corrected chi connectivity index (χ4v) is 3.47. The van der Waals surface area contributed by atoms with Crippen LogP contribution in [0.4, 0.5) is 5.69 Å². The minimum Gasteiger partial charge on any atom is -0.326 e. The molecule has 132 valence electrons. The number of anilines is 1. The lowest BCUT2D eigenvalue weighted by molar-refractivity contribution is -0.120. The van der Waals surface area contributed by atoms with Crippen LogP contribution >= 0.6 is 0 Å². The second kappa shape index (κ2) is 7.81. The molecule has 1 unspecified atom stereocenters. The molecule has 3 rings (SSSR count). The Kier molecular flexibility index (Phi) is 5.51. The molecular weight excluding hydrogens is 310 g/mol. The van der Waals surface area contributed by atoms with E-state index in [2.05, 4.69) is 41.4 Å². The van der Waals surface area contributed by atoms with Crippen molar-refractivity contribution in [2.75, 3.05) is 18.4 Å². The Labute approximate surface area is 150 Å². The molecule has 0 saturated carbocycles. The first-order valence-corrected chi connectivity index (χ1v) is 9.03. The Balaban J connectivity index is 1.62. The number of rotatable bonds is 5. The van der Waals surface area contributed by atoms with E-state index in [-0.39, 0.29) is 23.9 Å². The van der Waals surface area contributed by atoms with Crippen LogP contribution in [0.25, 0.3) is 0 Å². The van der Waals surface area contributed by atoms with Gasteiger partial charge in [0.15, 0.2) is 0 Å². The van der Waals surface area contributed by atoms with Crippen LogP contribution in [-0.4, -0.2) is 36.0 Å². The van der Waals surface area contributed by atoms with Crippen molar-refractivity contribution in [2.45, 2.75) is 38.3 Å². The van der Waals surface area contributed by atoms with Crippen molar-refractivity contribution >= 4 is 11.6 Å². The Hall–Kier alpha value is -2.17. The quantitative estimate of drug-likeness (QED) is 0.882. The van der Waals surface area contributed by atoms with Gasteiger partial charge in [0.25, 0.3) is 0 Å². The Bertz CT molecular complexity index is 699. The minimum atomic E-state index is -0.203. The summed E-state index contributed by atoms with van der Waals surface area (Å²) in [7, 11) is 0. The highest BCUT2D eigenvalue weighted by molar-refractivity contribution is 5.94. The van der Waals surface area contributed by atoms with Gasteiger partial charge >= 0.3 is 0 Å². The maximum atomic E-state index is 12.6. The van der Waals surface area contributed by atoms with Crippen LogP contribution in [0.3, 0.4) is 0 Å². The molecule has 3 atom stereocenters. The SMILES string of the molecule is CCc1ccc(NC(=O)C(C)N2C[C@@H](N)[C@H](c3ccccc3)C2)cc1. The van der Waals surface area contributed by atoms with E-state index < -0.39 is 0 Å². The molecule has 4 nitrogen and oxygen atoms in total. The molecule has 0 bridgehead atoms. The number of nitrogens with two attached hydrogens (primary N) is 1. The summed E-state index contributed by atoms with van der Waals surface area (Å²) in [4.78, 5) is 14.8. The Morgan fingerprint density at radius 3 is 2.48 bits per heavy atom. The maximum absolute atomic E-state index is 12.6. The molecule has 0 spiro atoms. The fourth-order valence-electron chi connectivity index (χ4n) is 3.47. The van der Waals surface area contributed by atoms with Crippen molar-refractivity contribution in [3.63, 3.8) is 0 Å². The third-order valence-corrected chi connectivity index (χ3v) is 5.18. The number of carbonyl (C=O) groups is 1. The first-order valence-electron chi connectivity index (χ1n) is 9.03. The van der Waals surface area contributed by atoms with Crippen LogP contribution in [0.5, 0.6) is 0 Å². The summed E-state index contributed by atoms with van der Waals surface area (Å²) in [6.07, 6.45) is 0.997. The number of hydrogen-bond acceptors (Lipinski definition) is 3. The van der Waals surface area contributed by atoms with Gasteiger partial charge < -0.3 is 11.1 Å². The molecule has 1 aliphatic rings. The van der Waals surface area contributed by atoms with E-state index in [4.69, 9.17) is 5.73 Å². The molecule has 4 heteroatoms. The van der Waals surface area contributed by atoms with Gasteiger partial charge in [0.05, 0.1) is 6.04 Å². The van der Waals surface area contributed by atoms with Crippen LogP contribution < -0.4 is 11.1 Å². The average Bonchev–Trinajstić information content (AvgIpc) is 3.04. The molecule has 3 N–H and O–H groups in total. The summed E-state index contributed by atoms with van der Waals surface area (Å²) in [5, 5.41) is 3.02. The summed E-state index contributed by atoms with van der Waals surface area (Å²) in [5.41, 5.74) is 9.71. The number of nitrogens with one attached hydrogen (secondary N) is 1. The van der Waals surface area contributed by atoms with Crippen LogP contribution in [-0.2, 0) is 11.2 Å². The Morgan fingerprint density at radius 2 is 1.84 bits per heavy atom. The first kappa shape index (κ1) is 17.6. The average molecular weight is 337 g/mol. The lowest BCUT2D eigenvalue weighted by atomic mass is 9.95. The molecule has 1 aliphatic heterocycles. The smallest absolute Gasteiger partial charge is 0.241 e. The first-order chi connectivity index (χ1) is 12.1. The van der Waals surface area contributed by atoms with Gasteiger partial charge in [-0.05, 0) is 36.6 Å². The zero-order chi connectivity index (χ0) is 17.8. The van der Waals surface area contributed by atoms with Gasteiger partial charge in [-0.2, -0.15) is 0 Å². The van der Waals surface area contributed by atoms with Crippen molar-refractivity contribution < 1.29 is 4.79 Å². The molecule has 0 radical (unpaired) electrons. The van der Waals surface area contributed by atoms with Gasteiger partial charge in [0.2, 0.25) is 5.91 Å². The largest absolute Gasteiger partial charge is 0.326 e. The van der Waals surface area contributed by atoms with E-state index in [1.807, 2.05) is 37.3 Å². The van der Waals surface area contributed by atoms with Crippen molar-refractivity contribution in [3.05, 3.63) is 65.7 Å². The van der Waals surface area contributed by atoms with E-state index in [0.29, 0.717) is 0 Å². The highest BCUT2D eigenvalue weighted by Gasteiger charge is 2.35. The van der Waals surface area contributed by atoms with E-state index in [1.165, 1.54) is 11.1 Å². The third-order valence-electron chi connectivity index (χ3n) is 5.18. The monoisotopic (exact) mass is 337 g/mol. The molecular formula is C21H27N3O. The number of nitrogens with zero attached hydrogens (tertiary/aromatic N) is 1.